The minimum Gasteiger partial charge on any atom is -0.456 e. The van der Waals surface area contributed by atoms with Crippen molar-refractivity contribution < 1.29 is 4.42 Å². The van der Waals surface area contributed by atoms with Crippen molar-refractivity contribution in [2.24, 2.45) is 0 Å². The molecule has 0 saturated heterocycles. The molecule has 10 aromatic rings. The summed E-state index contributed by atoms with van der Waals surface area (Å²) in [5, 5.41) is 12.3. The van der Waals surface area contributed by atoms with Gasteiger partial charge in [-0.15, -0.1) is 0 Å². The largest absolute Gasteiger partial charge is 0.456 e. The number of furan rings is 1. The summed E-state index contributed by atoms with van der Waals surface area (Å²) in [4.78, 5) is 6.38. The fourth-order valence-corrected chi connectivity index (χ4v) is 20.1. The maximum Gasteiger partial charge on any atom is 0.188 e. The maximum atomic E-state index is 8.00. The van der Waals surface area contributed by atoms with Gasteiger partial charge < -0.3 is 9.32 Å². The Labute approximate surface area is 351 Å². The lowest BCUT2D eigenvalue weighted by Gasteiger charge is -2.45. The van der Waals surface area contributed by atoms with Crippen LogP contribution in [-0.2, 0) is 0 Å². The second-order valence-electron chi connectivity index (χ2n) is 15.5. The van der Waals surface area contributed by atoms with E-state index in [4.69, 9.17) is 11.0 Å². The average Bonchev–Trinajstić information content (AvgIpc) is 3.70. The van der Waals surface area contributed by atoms with Crippen molar-refractivity contribution in [3.63, 3.8) is 0 Å². The second-order valence-corrected chi connectivity index (χ2v) is 23.0. The molecule has 1 aliphatic rings. The topological polar surface area (TPSA) is 20.7 Å². The van der Waals surface area contributed by atoms with Crippen LogP contribution in [0.4, 0.5) is 22.7 Å². The lowest BCUT2D eigenvalue weighted by Crippen LogP contribution is -2.77. The zero-order chi connectivity index (χ0) is 40.1. The molecular weight excluding hydrogens is 761 g/mol. The minimum absolute atomic E-state index is 0.588. The van der Waals surface area contributed by atoms with E-state index in [1.165, 1.54) is 47.7 Å². The number of para-hydroxylation sites is 2. The Balaban J connectivity index is 1.31. The van der Waals surface area contributed by atoms with Crippen LogP contribution in [0.5, 0.6) is 0 Å². The summed E-state index contributed by atoms with van der Waals surface area (Å²) in [5.74, 6) is 0. The summed E-state index contributed by atoms with van der Waals surface area (Å²) in [7, 11) is -5.97. The first-order valence-corrected chi connectivity index (χ1v) is 24.4. The Bertz CT molecular complexity index is 3030. The molecule has 0 unspecified atom stereocenters. The second kappa shape index (κ2) is 14.4. The van der Waals surface area contributed by atoms with Crippen molar-refractivity contribution in [1.29, 1.82) is 0 Å². The van der Waals surface area contributed by atoms with E-state index in [9.17, 15) is 0 Å². The fourth-order valence-electron chi connectivity index (χ4n) is 10.0. The SMILES string of the molecule is [C-]#[N+]c1ccc2oc3c([Si](c4ccccc4)(c4ccccc4)c4ccccc4)cc(N4c5ccccc5[Si](c5ccccc5)(c5ccccc5)c5ccccc54)cc3c2c1. The molecule has 60 heavy (non-hydrogen) atoms. The fraction of sp³-hybridized carbons (Fsp3) is 0. The van der Waals surface area contributed by atoms with Gasteiger partial charge in [0.25, 0.3) is 0 Å². The zero-order valence-electron chi connectivity index (χ0n) is 32.7. The molecule has 0 atom stereocenters. The highest BCUT2D eigenvalue weighted by molar-refractivity contribution is 7.22. The minimum atomic E-state index is -3.13. The summed E-state index contributed by atoms with van der Waals surface area (Å²) in [5.41, 5.74) is 5.60. The third kappa shape index (κ3) is 5.25. The molecule has 282 valence electrons. The van der Waals surface area contributed by atoms with Gasteiger partial charge in [0, 0.05) is 27.8 Å². The predicted octanol–water partition coefficient (Wildman–Crippen LogP) is 8.67. The van der Waals surface area contributed by atoms with Gasteiger partial charge in [-0.3, -0.25) is 0 Å². The van der Waals surface area contributed by atoms with Crippen molar-refractivity contribution in [2.45, 2.75) is 0 Å². The Hall–Kier alpha value is -7.50. The Morgan fingerprint density at radius 1 is 0.450 bits per heavy atom. The molecule has 0 N–H and O–H groups in total. The van der Waals surface area contributed by atoms with Crippen molar-refractivity contribution in [3.05, 3.63) is 242 Å². The molecule has 0 saturated carbocycles. The standard InChI is InChI=1S/C55H38N2OSi2/c1-56-40-35-36-51-47(37-40)48-38-41(39-54(55(48)58-51)59(42-21-7-2-8-22-42,43-23-9-3-10-24-43)44-25-11-4-12-26-44)57-49-31-17-19-33-52(49)60(45-27-13-5-14-28-45,46-29-15-6-16-30-46)53-34-20-18-32-50(53)57/h2-39H. The molecule has 0 aliphatic carbocycles. The Morgan fingerprint density at radius 2 is 0.900 bits per heavy atom. The molecule has 0 fully saturated rings. The van der Waals surface area contributed by atoms with Gasteiger partial charge in [0.2, 0.25) is 0 Å². The lowest BCUT2D eigenvalue weighted by molar-refractivity contribution is 0.671. The number of nitrogens with zero attached hydrogens (tertiary/aromatic N) is 2. The third-order valence-corrected chi connectivity index (χ3v) is 22.1. The Kier molecular flexibility index (Phi) is 8.56. The van der Waals surface area contributed by atoms with Crippen LogP contribution in [0.25, 0.3) is 26.8 Å². The van der Waals surface area contributed by atoms with Crippen LogP contribution < -0.4 is 46.4 Å². The molecule has 11 rings (SSSR count). The van der Waals surface area contributed by atoms with Gasteiger partial charge >= 0.3 is 0 Å². The van der Waals surface area contributed by atoms with Crippen LogP contribution in [-0.4, -0.2) is 16.1 Å². The van der Waals surface area contributed by atoms with Crippen LogP contribution in [0.2, 0.25) is 0 Å². The molecule has 0 spiro atoms. The van der Waals surface area contributed by atoms with E-state index in [2.05, 4.69) is 222 Å². The van der Waals surface area contributed by atoms with Crippen molar-refractivity contribution in [1.82, 2.24) is 0 Å². The van der Waals surface area contributed by atoms with Gasteiger partial charge in [0.1, 0.15) is 11.2 Å². The number of hydrogen-bond acceptors (Lipinski definition) is 2. The monoisotopic (exact) mass is 798 g/mol. The smallest absolute Gasteiger partial charge is 0.188 e. The number of rotatable bonds is 7. The summed E-state index contributed by atoms with van der Waals surface area (Å²) in [6.45, 7) is 8.00. The quantitative estimate of drug-likeness (QED) is 0.0915. The predicted molar refractivity (Wildman–Crippen MR) is 255 cm³/mol. The normalized spacial score (nSPS) is 13.1. The highest BCUT2D eigenvalue weighted by Crippen LogP contribution is 2.41. The first-order chi connectivity index (χ1) is 29.7. The lowest BCUT2D eigenvalue weighted by atomic mass is 10.1. The van der Waals surface area contributed by atoms with Crippen molar-refractivity contribution >= 4 is 102 Å². The van der Waals surface area contributed by atoms with Crippen LogP contribution in [0.15, 0.2) is 235 Å². The van der Waals surface area contributed by atoms with Crippen molar-refractivity contribution in [3.8, 4) is 0 Å². The van der Waals surface area contributed by atoms with Crippen molar-refractivity contribution in [2.75, 3.05) is 4.90 Å². The van der Waals surface area contributed by atoms with Gasteiger partial charge in [-0.25, -0.2) is 4.85 Å². The van der Waals surface area contributed by atoms with Crippen LogP contribution in [0.3, 0.4) is 0 Å². The summed E-state index contributed by atoms with van der Waals surface area (Å²) in [6.07, 6.45) is 0. The number of fused-ring (bicyclic) bond motifs is 5. The molecule has 3 nitrogen and oxygen atoms in total. The van der Waals surface area contributed by atoms with Gasteiger partial charge in [0.15, 0.2) is 21.8 Å². The van der Waals surface area contributed by atoms with E-state index < -0.39 is 16.1 Å². The first kappa shape index (κ1) is 35.6. The summed E-state index contributed by atoms with van der Waals surface area (Å²) < 4.78 is 7.10. The van der Waals surface area contributed by atoms with E-state index in [0.717, 1.165) is 32.8 Å². The van der Waals surface area contributed by atoms with E-state index in [1.54, 1.807) is 0 Å². The van der Waals surface area contributed by atoms with Crippen LogP contribution >= 0.6 is 0 Å². The highest BCUT2D eigenvalue weighted by atomic mass is 28.3. The van der Waals surface area contributed by atoms with E-state index >= 15 is 0 Å². The number of anilines is 3. The van der Waals surface area contributed by atoms with E-state index in [0.29, 0.717) is 5.69 Å². The third-order valence-electron chi connectivity index (χ3n) is 12.5. The summed E-state index contributed by atoms with van der Waals surface area (Å²) >= 11 is 0. The van der Waals surface area contributed by atoms with Gasteiger partial charge in [-0.2, -0.15) is 0 Å². The van der Waals surface area contributed by atoms with Gasteiger partial charge in [-0.1, -0.05) is 194 Å². The van der Waals surface area contributed by atoms with Gasteiger partial charge in [-0.05, 0) is 77.9 Å². The molecule has 1 aromatic heterocycles. The molecule has 0 amide bonds. The molecule has 9 aromatic carbocycles. The van der Waals surface area contributed by atoms with Gasteiger partial charge in [0.05, 0.1) is 6.57 Å². The molecule has 5 heteroatoms. The molecular formula is C55H38N2OSi2. The number of hydrogen-bond donors (Lipinski definition) is 0. The Morgan fingerprint density at radius 3 is 1.38 bits per heavy atom. The van der Waals surface area contributed by atoms with E-state index in [1.807, 2.05) is 18.2 Å². The molecule has 0 bridgehead atoms. The molecule has 2 heterocycles. The number of benzene rings is 9. The van der Waals surface area contributed by atoms with Crippen LogP contribution in [0.1, 0.15) is 0 Å². The summed E-state index contributed by atoms with van der Waals surface area (Å²) in [6, 6.07) is 84.2. The van der Waals surface area contributed by atoms with E-state index in [-0.39, 0.29) is 0 Å². The van der Waals surface area contributed by atoms with Crippen LogP contribution in [0, 0.1) is 6.57 Å². The molecule has 1 aliphatic heterocycles. The zero-order valence-corrected chi connectivity index (χ0v) is 34.7. The first-order valence-electron chi connectivity index (χ1n) is 20.4. The molecule has 0 radical (unpaired) electrons. The maximum absolute atomic E-state index is 8.00. The average molecular weight is 799 g/mol. The highest BCUT2D eigenvalue weighted by Gasteiger charge is 2.49.